The number of pyridine rings is 1. The van der Waals surface area contributed by atoms with Crippen molar-refractivity contribution in [1.82, 2.24) is 15.2 Å². The summed E-state index contributed by atoms with van der Waals surface area (Å²) in [6.45, 7) is 5.95. The van der Waals surface area contributed by atoms with Crippen molar-refractivity contribution in [3.05, 3.63) is 54.4 Å². The molecule has 0 amide bonds. The van der Waals surface area contributed by atoms with E-state index in [1.807, 2.05) is 18.5 Å². The molecule has 2 aliphatic heterocycles. The van der Waals surface area contributed by atoms with Crippen LogP contribution in [0, 0.1) is 5.41 Å². The second-order valence-electron chi connectivity index (χ2n) is 6.83. The van der Waals surface area contributed by atoms with Crippen molar-refractivity contribution in [2.75, 3.05) is 26.2 Å². The highest BCUT2D eigenvalue weighted by atomic mass is 15.2. The molecular weight excluding hydrogens is 270 g/mol. The molecule has 4 rings (SSSR count). The molecule has 0 radical (unpaired) electrons. The van der Waals surface area contributed by atoms with Gasteiger partial charge in [-0.1, -0.05) is 24.3 Å². The Morgan fingerprint density at radius 2 is 2.09 bits per heavy atom. The highest BCUT2D eigenvalue weighted by molar-refractivity contribution is 5.62. The molecule has 1 N–H and O–H groups in total. The van der Waals surface area contributed by atoms with Crippen molar-refractivity contribution in [2.24, 2.45) is 5.41 Å². The van der Waals surface area contributed by atoms with Gasteiger partial charge in [0.1, 0.15) is 0 Å². The molecule has 1 spiro atoms. The number of nitrogens with zero attached hydrogens (tertiary/aromatic N) is 2. The van der Waals surface area contributed by atoms with E-state index in [-0.39, 0.29) is 0 Å². The van der Waals surface area contributed by atoms with Gasteiger partial charge in [-0.15, -0.1) is 0 Å². The summed E-state index contributed by atoms with van der Waals surface area (Å²) >= 11 is 0. The summed E-state index contributed by atoms with van der Waals surface area (Å²) in [7, 11) is 0. The van der Waals surface area contributed by atoms with Crippen molar-refractivity contribution in [2.45, 2.75) is 19.4 Å². The Hall–Kier alpha value is -1.71. The van der Waals surface area contributed by atoms with E-state index in [1.54, 1.807) is 0 Å². The van der Waals surface area contributed by atoms with E-state index >= 15 is 0 Å². The topological polar surface area (TPSA) is 28.2 Å². The van der Waals surface area contributed by atoms with Gasteiger partial charge < -0.3 is 5.32 Å². The van der Waals surface area contributed by atoms with Gasteiger partial charge in [0, 0.05) is 32.0 Å². The SMILES string of the molecule is c1cncc(-c2cccc(CN3CCC4(CCNC4)C3)c2)c1. The van der Waals surface area contributed by atoms with Crippen LogP contribution in [0.25, 0.3) is 11.1 Å². The van der Waals surface area contributed by atoms with Crippen LogP contribution in [0.4, 0.5) is 0 Å². The molecule has 2 saturated heterocycles. The molecule has 114 valence electrons. The zero-order chi connectivity index (χ0) is 14.8. The van der Waals surface area contributed by atoms with Crippen LogP contribution < -0.4 is 5.32 Å². The molecule has 1 aromatic heterocycles. The van der Waals surface area contributed by atoms with Gasteiger partial charge in [-0.2, -0.15) is 0 Å². The average Bonchev–Trinajstić information content (AvgIpc) is 3.19. The Labute approximate surface area is 132 Å². The quantitative estimate of drug-likeness (QED) is 0.943. The minimum Gasteiger partial charge on any atom is -0.316 e. The van der Waals surface area contributed by atoms with Gasteiger partial charge in [-0.05, 0) is 60.2 Å². The number of benzene rings is 1. The lowest BCUT2D eigenvalue weighted by Crippen LogP contribution is -2.28. The number of hydrogen-bond donors (Lipinski definition) is 1. The van der Waals surface area contributed by atoms with Gasteiger partial charge in [0.05, 0.1) is 0 Å². The molecule has 1 atom stereocenters. The maximum absolute atomic E-state index is 4.22. The van der Waals surface area contributed by atoms with Crippen molar-refractivity contribution < 1.29 is 0 Å². The van der Waals surface area contributed by atoms with Crippen LogP contribution in [0.5, 0.6) is 0 Å². The zero-order valence-electron chi connectivity index (χ0n) is 13.0. The summed E-state index contributed by atoms with van der Waals surface area (Å²) in [4.78, 5) is 6.85. The minimum absolute atomic E-state index is 0.557. The van der Waals surface area contributed by atoms with Crippen molar-refractivity contribution in [3.8, 4) is 11.1 Å². The number of likely N-dealkylation sites (tertiary alicyclic amines) is 1. The zero-order valence-corrected chi connectivity index (χ0v) is 13.0. The molecule has 2 fully saturated rings. The van der Waals surface area contributed by atoms with E-state index in [9.17, 15) is 0 Å². The summed E-state index contributed by atoms with van der Waals surface area (Å²) in [6.07, 6.45) is 6.46. The second-order valence-corrected chi connectivity index (χ2v) is 6.83. The first-order valence-electron chi connectivity index (χ1n) is 8.26. The van der Waals surface area contributed by atoms with Gasteiger partial charge in [0.15, 0.2) is 0 Å². The second kappa shape index (κ2) is 5.82. The van der Waals surface area contributed by atoms with Gasteiger partial charge >= 0.3 is 0 Å². The largest absolute Gasteiger partial charge is 0.316 e. The van der Waals surface area contributed by atoms with Gasteiger partial charge in [-0.3, -0.25) is 9.88 Å². The van der Waals surface area contributed by atoms with E-state index in [4.69, 9.17) is 0 Å². The number of hydrogen-bond acceptors (Lipinski definition) is 3. The first-order valence-corrected chi connectivity index (χ1v) is 8.26. The van der Waals surface area contributed by atoms with Crippen LogP contribution >= 0.6 is 0 Å². The third-order valence-corrected chi connectivity index (χ3v) is 5.18. The number of aromatic nitrogens is 1. The summed E-state index contributed by atoms with van der Waals surface area (Å²) < 4.78 is 0. The lowest BCUT2D eigenvalue weighted by molar-refractivity contribution is 0.269. The predicted molar refractivity (Wildman–Crippen MR) is 89.5 cm³/mol. The molecule has 1 unspecified atom stereocenters. The van der Waals surface area contributed by atoms with Crippen LogP contribution in [-0.4, -0.2) is 36.1 Å². The molecule has 0 aliphatic carbocycles. The highest BCUT2D eigenvalue weighted by Crippen LogP contribution is 2.36. The fourth-order valence-corrected chi connectivity index (χ4v) is 3.95. The first-order chi connectivity index (χ1) is 10.8. The minimum atomic E-state index is 0.557. The Balaban J connectivity index is 1.48. The molecule has 22 heavy (non-hydrogen) atoms. The molecule has 3 nitrogen and oxygen atoms in total. The van der Waals surface area contributed by atoms with Crippen LogP contribution in [0.3, 0.4) is 0 Å². The van der Waals surface area contributed by atoms with E-state index in [0.29, 0.717) is 5.41 Å². The maximum Gasteiger partial charge on any atom is 0.0346 e. The predicted octanol–water partition coefficient (Wildman–Crippen LogP) is 2.93. The van der Waals surface area contributed by atoms with Crippen LogP contribution in [0.1, 0.15) is 18.4 Å². The van der Waals surface area contributed by atoms with Gasteiger partial charge in [0.25, 0.3) is 0 Å². The molecule has 3 heterocycles. The Bertz CT molecular complexity index is 632. The fourth-order valence-electron chi connectivity index (χ4n) is 3.95. The molecule has 2 aromatic rings. The summed E-state index contributed by atoms with van der Waals surface area (Å²) in [6, 6.07) is 13.0. The molecular formula is C19H23N3. The molecule has 0 bridgehead atoms. The van der Waals surface area contributed by atoms with Gasteiger partial charge in [-0.25, -0.2) is 0 Å². The summed E-state index contributed by atoms with van der Waals surface area (Å²) in [5.41, 5.74) is 4.43. The number of nitrogens with one attached hydrogen (secondary N) is 1. The Kier molecular flexibility index (Phi) is 3.68. The van der Waals surface area contributed by atoms with E-state index in [0.717, 1.165) is 6.54 Å². The highest BCUT2D eigenvalue weighted by Gasteiger charge is 2.39. The van der Waals surface area contributed by atoms with Crippen LogP contribution in [0.15, 0.2) is 48.8 Å². The van der Waals surface area contributed by atoms with E-state index < -0.39 is 0 Å². The summed E-state index contributed by atoms with van der Waals surface area (Å²) in [5.74, 6) is 0. The molecule has 1 aromatic carbocycles. The third-order valence-electron chi connectivity index (χ3n) is 5.18. The molecule has 0 saturated carbocycles. The lowest BCUT2D eigenvalue weighted by atomic mass is 9.86. The van der Waals surface area contributed by atoms with Crippen LogP contribution in [-0.2, 0) is 6.54 Å². The maximum atomic E-state index is 4.22. The monoisotopic (exact) mass is 293 g/mol. The Morgan fingerprint density at radius 3 is 2.91 bits per heavy atom. The lowest BCUT2D eigenvalue weighted by Gasteiger charge is -2.23. The number of rotatable bonds is 3. The van der Waals surface area contributed by atoms with E-state index in [1.165, 1.54) is 55.7 Å². The van der Waals surface area contributed by atoms with Crippen molar-refractivity contribution >= 4 is 0 Å². The smallest absolute Gasteiger partial charge is 0.0346 e. The van der Waals surface area contributed by atoms with E-state index in [2.05, 4.69) is 45.5 Å². The third kappa shape index (κ3) is 2.79. The average molecular weight is 293 g/mol. The normalized spacial score (nSPS) is 25.1. The fraction of sp³-hybridized carbons (Fsp3) is 0.421. The Morgan fingerprint density at radius 1 is 1.14 bits per heavy atom. The summed E-state index contributed by atoms with van der Waals surface area (Å²) in [5, 5.41) is 3.54. The van der Waals surface area contributed by atoms with Crippen molar-refractivity contribution in [3.63, 3.8) is 0 Å². The van der Waals surface area contributed by atoms with Gasteiger partial charge in [0.2, 0.25) is 0 Å². The molecule has 3 heteroatoms. The standard InChI is InChI=1S/C19H23N3/c1-3-16(11-17(4-1)18-5-2-8-20-12-18)13-22-10-7-19(15-22)6-9-21-14-19/h1-5,8,11-12,21H,6-7,9-10,13-15H2. The van der Waals surface area contributed by atoms with Crippen LogP contribution in [0.2, 0.25) is 0 Å². The van der Waals surface area contributed by atoms with Crippen molar-refractivity contribution in [1.29, 1.82) is 0 Å². The first kappa shape index (κ1) is 13.9. The molecule has 2 aliphatic rings.